The van der Waals surface area contributed by atoms with Crippen LogP contribution in [0.4, 0.5) is 5.69 Å². The van der Waals surface area contributed by atoms with Gasteiger partial charge in [0.15, 0.2) is 0 Å². The van der Waals surface area contributed by atoms with Gasteiger partial charge in [-0.05, 0) is 64.7 Å². The van der Waals surface area contributed by atoms with Gasteiger partial charge in [-0.1, -0.05) is 23.7 Å². The van der Waals surface area contributed by atoms with Crippen molar-refractivity contribution in [3.63, 3.8) is 0 Å². The number of aromatic nitrogens is 2. The summed E-state index contributed by atoms with van der Waals surface area (Å²) < 4.78 is 0. The van der Waals surface area contributed by atoms with Crippen LogP contribution < -0.4 is 4.90 Å². The molecular weight excluding hydrogens is 469 g/mol. The van der Waals surface area contributed by atoms with E-state index in [4.69, 9.17) is 23.2 Å². The van der Waals surface area contributed by atoms with Crippen LogP contribution in [0.25, 0.3) is 11.3 Å². The van der Waals surface area contributed by atoms with Gasteiger partial charge in [-0.3, -0.25) is 4.79 Å². The molecule has 0 saturated heterocycles. The van der Waals surface area contributed by atoms with Gasteiger partial charge < -0.3 is 15.1 Å². The summed E-state index contributed by atoms with van der Waals surface area (Å²) in [6.45, 7) is 2.18. The van der Waals surface area contributed by atoms with E-state index in [9.17, 15) is 15.0 Å². The Morgan fingerprint density at radius 1 is 1.09 bits per heavy atom. The van der Waals surface area contributed by atoms with Crippen LogP contribution in [-0.2, 0) is 6.54 Å². The van der Waals surface area contributed by atoms with Crippen molar-refractivity contribution in [2.24, 2.45) is 0 Å². The van der Waals surface area contributed by atoms with E-state index in [0.717, 1.165) is 22.8 Å². The zero-order valence-corrected chi connectivity index (χ0v) is 19.1. The largest absolute Gasteiger partial charge is 0.507 e. The Morgan fingerprint density at radius 3 is 2.53 bits per heavy atom. The first-order valence-electron chi connectivity index (χ1n) is 9.47. The molecule has 0 unspecified atom stereocenters. The number of hydrogen-bond acceptors (Lipinski definition) is 6. The molecule has 2 aromatic carbocycles. The molecule has 4 aromatic rings. The van der Waals surface area contributed by atoms with Gasteiger partial charge in [0.25, 0.3) is 5.91 Å². The molecule has 0 saturated carbocycles. The van der Waals surface area contributed by atoms with Crippen molar-refractivity contribution in [3.8, 4) is 22.8 Å². The van der Waals surface area contributed by atoms with Crippen LogP contribution >= 0.6 is 34.5 Å². The van der Waals surface area contributed by atoms with Gasteiger partial charge in [-0.2, -0.15) is 11.3 Å². The number of aryl methyl sites for hydroxylation is 1. The number of carbonyl (C=O) groups excluding carboxylic acids is 1. The van der Waals surface area contributed by atoms with Crippen LogP contribution in [0.2, 0.25) is 10.3 Å². The van der Waals surface area contributed by atoms with E-state index in [-0.39, 0.29) is 33.9 Å². The summed E-state index contributed by atoms with van der Waals surface area (Å²) >= 11 is 13.5. The minimum atomic E-state index is -0.454. The number of phenolic OH excluding ortho intramolecular Hbond substituents is 2. The Hall–Kier alpha value is -3.13. The average molecular weight is 486 g/mol. The van der Waals surface area contributed by atoms with Gasteiger partial charge in [-0.15, -0.1) is 0 Å². The molecule has 1 amide bonds. The molecule has 0 atom stereocenters. The Balaban J connectivity index is 1.73. The second kappa shape index (κ2) is 9.16. The van der Waals surface area contributed by atoms with Crippen molar-refractivity contribution in [3.05, 3.63) is 86.4 Å². The number of phenols is 2. The van der Waals surface area contributed by atoms with Crippen LogP contribution in [0.15, 0.2) is 59.4 Å². The molecule has 32 heavy (non-hydrogen) atoms. The molecule has 2 aromatic heterocycles. The highest BCUT2D eigenvalue weighted by Crippen LogP contribution is 2.33. The standard InChI is InChI=1S/C23H17Cl2N3O3S/c1-13-10-26-23(25)27-21(13)15-2-4-16(5-3-15)28(11-14-6-7-32-12-14)22(31)17-8-18(24)20(30)9-19(17)29/h2-10,12,29-30H,11H2,1H3. The summed E-state index contributed by atoms with van der Waals surface area (Å²) in [7, 11) is 0. The number of thiophene rings is 1. The van der Waals surface area contributed by atoms with Gasteiger partial charge in [0.2, 0.25) is 5.28 Å². The summed E-state index contributed by atoms with van der Waals surface area (Å²) in [6.07, 6.45) is 1.66. The predicted molar refractivity (Wildman–Crippen MR) is 127 cm³/mol. The van der Waals surface area contributed by atoms with E-state index in [0.29, 0.717) is 11.4 Å². The minimum Gasteiger partial charge on any atom is -0.507 e. The highest BCUT2D eigenvalue weighted by Gasteiger charge is 2.23. The van der Waals surface area contributed by atoms with Gasteiger partial charge in [0, 0.05) is 23.5 Å². The first kappa shape index (κ1) is 22.1. The van der Waals surface area contributed by atoms with Crippen LogP contribution in [0, 0.1) is 6.92 Å². The molecule has 0 fully saturated rings. The maximum atomic E-state index is 13.4. The highest BCUT2D eigenvalue weighted by atomic mass is 35.5. The fourth-order valence-electron chi connectivity index (χ4n) is 3.23. The molecule has 4 rings (SSSR count). The van der Waals surface area contributed by atoms with Crippen molar-refractivity contribution in [1.29, 1.82) is 0 Å². The molecular formula is C23H17Cl2N3O3S. The van der Waals surface area contributed by atoms with Gasteiger partial charge >= 0.3 is 0 Å². The molecule has 0 spiro atoms. The fraction of sp³-hybridized carbons (Fsp3) is 0.0870. The predicted octanol–water partition coefficient (Wildman–Crippen LogP) is 6.08. The average Bonchev–Trinajstić information content (AvgIpc) is 3.29. The summed E-state index contributed by atoms with van der Waals surface area (Å²) in [5.41, 5.74) is 3.95. The number of aromatic hydroxyl groups is 2. The van der Waals surface area contributed by atoms with E-state index >= 15 is 0 Å². The summed E-state index contributed by atoms with van der Waals surface area (Å²) in [6, 6.07) is 11.5. The summed E-state index contributed by atoms with van der Waals surface area (Å²) in [4.78, 5) is 23.2. The lowest BCUT2D eigenvalue weighted by molar-refractivity contribution is 0.0982. The normalized spacial score (nSPS) is 10.8. The molecule has 6 nitrogen and oxygen atoms in total. The Bertz CT molecular complexity index is 1280. The van der Waals surface area contributed by atoms with E-state index in [1.54, 1.807) is 18.3 Å². The zero-order chi connectivity index (χ0) is 22.8. The monoisotopic (exact) mass is 485 g/mol. The number of anilines is 1. The third-order valence-electron chi connectivity index (χ3n) is 4.86. The van der Waals surface area contributed by atoms with Crippen molar-refractivity contribution in [2.75, 3.05) is 4.90 Å². The van der Waals surface area contributed by atoms with E-state index < -0.39 is 5.91 Å². The Labute approximate surface area is 198 Å². The van der Waals surface area contributed by atoms with Gasteiger partial charge in [0.1, 0.15) is 11.5 Å². The number of halogens is 2. The number of rotatable bonds is 5. The molecule has 0 radical (unpaired) electrons. The van der Waals surface area contributed by atoms with E-state index in [1.807, 2.05) is 35.9 Å². The second-order valence-corrected chi connectivity index (χ2v) is 8.59. The molecule has 2 N–H and O–H groups in total. The molecule has 162 valence electrons. The third kappa shape index (κ3) is 4.55. The minimum absolute atomic E-state index is 0.00877. The number of benzene rings is 2. The Kier molecular flexibility index (Phi) is 6.32. The quantitative estimate of drug-likeness (QED) is 0.334. The number of nitrogens with zero attached hydrogens (tertiary/aromatic N) is 3. The van der Waals surface area contributed by atoms with Crippen molar-refractivity contribution in [2.45, 2.75) is 13.5 Å². The first-order valence-corrected chi connectivity index (χ1v) is 11.2. The van der Waals surface area contributed by atoms with Crippen LogP contribution in [0.5, 0.6) is 11.5 Å². The van der Waals surface area contributed by atoms with Crippen molar-refractivity contribution < 1.29 is 15.0 Å². The highest BCUT2D eigenvalue weighted by molar-refractivity contribution is 7.07. The smallest absolute Gasteiger partial charge is 0.262 e. The summed E-state index contributed by atoms with van der Waals surface area (Å²) in [5, 5.41) is 24.0. The summed E-state index contributed by atoms with van der Waals surface area (Å²) in [5.74, 6) is -1.10. The number of carbonyl (C=O) groups is 1. The molecule has 0 aliphatic carbocycles. The fourth-order valence-corrected chi connectivity index (χ4v) is 4.18. The first-order chi connectivity index (χ1) is 15.3. The third-order valence-corrected chi connectivity index (χ3v) is 6.07. The number of hydrogen-bond donors (Lipinski definition) is 2. The Morgan fingerprint density at radius 2 is 1.84 bits per heavy atom. The zero-order valence-electron chi connectivity index (χ0n) is 16.8. The molecule has 0 aliphatic heterocycles. The number of amides is 1. The van der Waals surface area contributed by atoms with Crippen LogP contribution in [-0.4, -0.2) is 26.1 Å². The SMILES string of the molecule is Cc1cnc(Cl)nc1-c1ccc(N(Cc2ccsc2)C(=O)c2cc(Cl)c(O)cc2O)cc1. The lowest BCUT2D eigenvalue weighted by Crippen LogP contribution is -2.30. The maximum absolute atomic E-state index is 13.4. The second-order valence-electron chi connectivity index (χ2n) is 7.06. The van der Waals surface area contributed by atoms with Crippen molar-refractivity contribution >= 4 is 46.1 Å². The maximum Gasteiger partial charge on any atom is 0.262 e. The molecule has 2 heterocycles. The molecule has 0 bridgehead atoms. The molecule has 9 heteroatoms. The topological polar surface area (TPSA) is 86.6 Å². The molecule has 0 aliphatic rings. The van der Waals surface area contributed by atoms with Gasteiger partial charge in [-0.25, -0.2) is 9.97 Å². The van der Waals surface area contributed by atoms with Crippen molar-refractivity contribution in [1.82, 2.24) is 9.97 Å². The van der Waals surface area contributed by atoms with Crippen LogP contribution in [0.3, 0.4) is 0 Å². The lowest BCUT2D eigenvalue weighted by Gasteiger charge is -2.23. The van der Waals surface area contributed by atoms with E-state index in [1.165, 1.54) is 22.3 Å². The van der Waals surface area contributed by atoms with Gasteiger partial charge in [0.05, 0.1) is 22.8 Å². The lowest BCUT2D eigenvalue weighted by atomic mass is 10.1. The van der Waals surface area contributed by atoms with Crippen LogP contribution in [0.1, 0.15) is 21.5 Å². The van der Waals surface area contributed by atoms with E-state index in [2.05, 4.69) is 9.97 Å².